The predicted molar refractivity (Wildman–Crippen MR) is 77.2 cm³/mol. The number of hydrogen-bond donors (Lipinski definition) is 1. The Kier molecular flexibility index (Phi) is 4.71. The van der Waals surface area contributed by atoms with Crippen molar-refractivity contribution in [3.8, 4) is 0 Å². The van der Waals surface area contributed by atoms with Gasteiger partial charge in [-0.15, -0.1) is 0 Å². The van der Waals surface area contributed by atoms with E-state index in [0.717, 1.165) is 25.7 Å². The maximum atomic E-state index is 12.4. The minimum Gasteiger partial charge on any atom is -0.480 e. The molecule has 1 aliphatic heterocycles. The van der Waals surface area contributed by atoms with Crippen LogP contribution in [-0.4, -0.2) is 34.5 Å². The number of amides is 1. The zero-order valence-corrected chi connectivity index (χ0v) is 12.8. The van der Waals surface area contributed by atoms with Crippen molar-refractivity contribution in [1.82, 2.24) is 4.90 Å². The van der Waals surface area contributed by atoms with Crippen molar-refractivity contribution in [2.24, 2.45) is 23.7 Å². The van der Waals surface area contributed by atoms with Crippen LogP contribution in [0.15, 0.2) is 0 Å². The average molecular weight is 281 g/mol. The second-order valence-electron chi connectivity index (χ2n) is 7.12. The molecule has 0 aromatic heterocycles. The van der Waals surface area contributed by atoms with E-state index in [9.17, 15) is 14.7 Å². The lowest BCUT2D eigenvalue weighted by Crippen LogP contribution is -2.43. The van der Waals surface area contributed by atoms with Crippen LogP contribution in [0, 0.1) is 23.7 Å². The summed E-state index contributed by atoms with van der Waals surface area (Å²) in [6, 6.07) is -0.568. The molecule has 20 heavy (non-hydrogen) atoms. The molecule has 1 heterocycles. The van der Waals surface area contributed by atoms with E-state index >= 15 is 0 Å². The molecule has 1 aliphatic carbocycles. The van der Waals surface area contributed by atoms with Crippen LogP contribution in [0.3, 0.4) is 0 Å². The normalized spacial score (nSPS) is 30.6. The quantitative estimate of drug-likeness (QED) is 0.843. The number of carbonyl (C=O) groups excluding carboxylic acids is 1. The van der Waals surface area contributed by atoms with E-state index in [1.807, 2.05) is 0 Å². The highest BCUT2D eigenvalue weighted by molar-refractivity contribution is 5.84. The molecule has 0 radical (unpaired) electrons. The molecular weight excluding hydrogens is 254 g/mol. The number of carbonyl (C=O) groups is 2. The SMILES string of the molecule is CC(C)CC(C)CC(=O)N1CC2CCCC2C1C(=O)O. The minimum absolute atomic E-state index is 0.0416. The fraction of sp³-hybridized carbons (Fsp3) is 0.875. The molecule has 0 aromatic carbocycles. The Balaban J connectivity index is 2.00. The van der Waals surface area contributed by atoms with Crippen LogP contribution >= 0.6 is 0 Å². The topological polar surface area (TPSA) is 57.6 Å². The first kappa shape index (κ1) is 15.3. The molecule has 2 aliphatic rings. The van der Waals surface area contributed by atoms with E-state index in [4.69, 9.17) is 0 Å². The molecule has 4 unspecified atom stereocenters. The first-order chi connectivity index (χ1) is 9.40. The third-order valence-electron chi connectivity index (χ3n) is 4.86. The highest BCUT2D eigenvalue weighted by atomic mass is 16.4. The number of fused-ring (bicyclic) bond motifs is 1. The fourth-order valence-electron chi connectivity index (χ4n) is 4.18. The molecule has 4 atom stereocenters. The van der Waals surface area contributed by atoms with Crippen LogP contribution in [0.5, 0.6) is 0 Å². The third kappa shape index (κ3) is 3.15. The van der Waals surface area contributed by atoms with Crippen molar-refractivity contribution < 1.29 is 14.7 Å². The minimum atomic E-state index is -0.815. The third-order valence-corrected chi connectivity index (χ3v) is 4.86. The summed E-state index contributed by atoms with van der Waals surface area (Å²) in [6.45, 7) is 7.06. The smallest absolute Gasteiger partial charge is 0.326 e. The maximum Gasteiger partial charge on any atom is 0.326 e. The van der Waals surface area contributed by atoms with Gasteiger partial charge in [0.15, 0.2) is 0 Å². The molecule has 1 N–H and O–H groups in total. The summed E-state index contributed by atoms with van der Waals surface area (Å²) < 4.78 is 0. The van der Waals surface area contributed by atoms with Crippen molar-refractivity contribution in [1.29, 1.82) is 0 Å². The molecule has 4 heteroatoms. The largest absolute Gasteiger partial charge is 0.480 e. The van der Waals surface area contributed by atoms with Gasteiger partial charge in [-0.05, 0) is 42.9 Å². The van der Waals surface area contributed by atoms with Gasteiger partial charge < -0.3 is 10.0 Å². The predicted octanol–water partition coefficient (Wildman–Crippen LogP) is 2.77. The number of nitrogens with zero attached hydrogens (tertiary/aromatic N) is 1. The van der Waals surface area contributed by atoms with Crippen LogP contribution in [0.2, 0.25) is 0 Å². The zero-order chi connectivity index (χ0) is 14.9. The van der Waals surface area contributed by atoms with Gasteiger partial charge in [0.1, 0.15) is 6.04 Å². The second-order valence-corrected chi connectivity index (χ2v) is 7.12. The molecule has 0 bridgehead atoms. The molecule has 0 spiro atoms. The van der Waals surface area contributed by atoms with Crippen molar-refractivity contribution >= 4 is 11.9 Å². The summed E-state index contributed by atoms with van der Waals surface area (Å²) in [7, 11) is 0. The molecular formula is C16H27NO3. The fourth-order valence-corrected chi connectivity index (χ4v) is 4.18. The Morgan fingerprint density at radius 1 is 1.25 bits per heavy atom. The summed E-state index contributed by atoms with van der Waals surface area (Å²) >= 11 is 0. The van der Waals surface area contributed by atoms with E-state index < -0.39 is 12.0 Å². The molecule has 4 nitrogen and oxygen atoms in total. The number of carboxylic acids is 1. The van der Waals surface area contributed by atoms with Crippen molar-refractivity contribution in [2.75, 3.05) is 6.54 Å². The highest BCUT2D eigenvalue weighted by Gasteiger charge is 2.49. The molecule has 1 amide bonds. The van der Waals surface area contributed by atoms with Gasteiger partial charge in [-0.1, -0.05) is 27.2 Å². The summed E-state index contributed by atoms with van der Waals surface area (Å²) in [5, 5.41) is 9.47. The lowest BCUT2D eigenvalue weighted by Gasteiger charge is -2.26. The van der Waals surface area contributed by atoms with E-state index in [-0.39, 0.29) is 11.8 Å². The summed E-state index contributed by atoms with van der Waals surface area (Å²) in [5.74, 6) is 0.741. The van der Waals surface area contributed by atoms with Crippen LogP contribution in [0.1, 0.15) is 52.9 Å². The van der Waals surface area contributed by atoms with E-state index in [1.54, 1.807) is 4.90 Å². The van der Waals surface area contributed by atoms with Gasteiger partial charge in [-0.3, -0.25) is 4.79 Å². The van der Waals surface area contributed by atoms with Crippen LogP contribution in [-0.2, 0) is 9.59 Å². The molecule has 1 saturated carbocycles. The van der Waals surface area contributed by atoms with Crippen molar-refractivity contribution in [3.63, 3.8) is 0 Å². The Morgan fingerprint density at radius 2 is 1.95 bits per heavy atom. The number of aliphatic carboxylic acids is 1. The van der Waals surface area contributed by atoms with E-state index in [1.165, 1.54) is 0 Å². The first-order valence-electron chi connectivity index (χ1n) is 7.92. The Hall–Kier alpha value is -1.06. The Bertz CT molecular complexity index is 380. The lowest BCUT2D eigenvalue weighted by molar-refractivity contribution is -0.150. The van der Waals surface area contributed by atoms with Gasteiger partial charge in [-0.25, -0.2) is 4.79 Å². The van der Waals surface area contributed by atoms with Gasteiger partial charge >= 0.3 is 5.97 Å². The zero-order valence-electron chi connectivity index (χ0n) is 12.8. The van der Waals surface area contributed by atoms with Crippen LogP contribution in [0.4, 0.5) is 0 Å². The van der Waals surface area contributed by atoms with Gasteiger partial charge in [-0.2, -0.15) is 0 Å². The second kappa shape index (κ2) is 6.15. The summed E-state index contributed by atoms with van der Waals surface area (Å²) in [6.07, 6.45) is 4.67. The van der Waals surface area contributed by atoms with E-state index in [2.05, 4.69) is 20.8 Å². The van der Waals surface area contributed by atoms with Gasteiger partial charge in [0.25, 0.3) is 0 Å². The van der Waals surface area contributed by atoms with Crippen LogP contribution < -0.4 is 0 Å². The first-order valence-corrected chi connectivity index (χ1v) is 7.92. The number of hydrogen-bond acceptors (Lipinski definition) is 2. The van der Waals surface area contributed by atoms with Crippen LogP contribution in [0.25, 0.3) is 0 Å². The Morgan fingerprint density at radius 3 is 2.55 bits per heavy atom. The molecule has 1 saturated heterocycles. The summed E-state index contributed by atoms with van der Waals surface area (Å²) in [5.41, 5.74) is 0. The van der Waals surface area contributed by atoms with Gasteiger partial charge in [0.05, 0.1) is 0 Å². The van der Waals surface area contributed by atoms with Crippen molar-refractivity contribution in [2.45, 2.75) is 58.9 Å². The monoisotopic (exact) mass is 281 g/mol. The maximum absolute atomic E-state index is 12.4. The number of likely N-dealkylation sites (tertiary alicyclic amines) is 1. The van der Waals surface area contributed by atoms with Crippen molar-refractivity contribution in [3.05, 3.63) is 0 Å². The number of carboxylic acid groups (broad SMARTS) is 1. The highest BCUT2D eigenvalue weighted by Crippen LogP contribution is 2.42. The molecule has 0 aromatic rings. The summed E-state index contributed by atoms with van der Waals surface area (Å²) in [4.78, 5) is 25.6. The number of rotatable bonds is 5. The standard InChI is InChI=1S/C16H27NO3/c1-10(2)7-11(3)8-14(18)17-9-12-5-4-6-13(12)15(17)16(19)20/h10-13,15H,4-9H2,1-3H3,(H,19,20). The van der Waals surface area contributed by atoms with E-state index in [0.29, 0.717) is 30.7 Å². The van der Waals surface area contributed by atoms with Gasteiger partial charge in [0.2, 0.25) is 5.91 Å². The Labute approximate surface area is 121 Å². The molecule has 114 valence electrons. The molecule has 2 rings (SSSR count). The lowest BCUT2D eigenvalue weighted by atomic mass is 9.93. The molecule has 2 fully saturated rings. The van der Waals surface area contributed by atoms with Gasteiger partial charge in [0, 0.05) is 13.0 Å². The average Bonchev–Trinajstić information content (AvgIpc) is 2.84.